The summed E-state index contributed by atoms with van der Waals surface area (Å²) >= 11 is 1.64. The van der Waals surface area contributed by atoms with Gasteiger partial charge in [0.2, 0.25) is 0 Å². The first kappa shape index (κ1) is 14.1. The summed E-state index contributed by atoms with van der Waals surface area (Å²) in [5.74, 6) is 2.01. The second kappa shape index (κ2) is 5.37. The van der Waals surface area contributed by atoms with Gasteiger partial charge >= 0.3 is 0 Å². The minimum absolute atomic E-state index is 0.000103. The second-order valence-corrected chi connectivity index (χ2v) is 7.56. The predicted octanol–water partition coefficient (Wildman–Crippen LogP) is 2.26. The molecule has 0 radical (unpaired) electrons. The Labute approximate surface area is 142 Å². The Morgan fingerprint density at radius 3 is 2.88 bits per heavy atom. The quantitative estimate of drug-likeness (QED) is 0.729. The van der Waals surface area contributed by atoms with Gasteiger partial charge in [0.15, 0.2) is 0 Å². The van der Waals surface area contributed by atoms with Crippen LogP contribution in [0.4, 0.5) is 5.82 Å². The molecule has 1 aliphatic heterocycles. The molecule has 2 fully saturated rings. The zero-order valence-electron chi connectivity index (χ0n) is 13.1. The standard InChI is InChI=1S/C17H17N5OS/c23-15-4-3-14(12-1-2-12)20-22(15)9-11-7-21(8-11)16-13-5-6-24-17(13)19-10-18-16/h3-6,10-12H,1-2,7-9H2. The van der Waals surface area contributed by atoms with Gasteiger partial charge in [-0.1, -0.05) is 0 Å². The summed E-state index contributed by atoms with van der Waals surface area (Å²) in [5.41, 5.74) is 1.07. The molecule has 6 nitrogen and oxygen atoms in total. The number of hydrogen-bond acceptors (Lipinski definition) is 6. The molecule has 0 bridgehead atoms. The summed E-state index contributed by atoms with van der Waals surface area (Å²) < 4.78 is 1.65. The highest BCUT2D eigenvalue weighted by Gasteiger charge is 2.31. The maximum absolute atomic E-state index is 12.0. The molecule has 7 heteroatoms. The molecule has 122 valence electrons. The highest BCUT2D eigenvalue weighted by molar-refractivity contribution is 7.16. The Morgan fingerprint density at radius 1 is 1.17 bits per heavy atom. The van der Waals surface area contributed by atoms with Gasteiger partial charge in [0.05, 0.1) is 17.6 Å². The van der Waals surface area contributed by atoms with E-state index in [1.807, 2.05) is 11.4 Å². The van der Waals surface area contributed by atoms with Crippen molar-refractivity contribution in [3.8, 4) is 0 Å². The molecule has 2 aliphatic rings. The van der Waals surface area contributed by atoms with Crippen LogP contribution in [-0.2, 0) is 6.54 Å². The van der Waals surface area contributed by atoms with Crippen LogP contribution in [0.3, 0.4) is 0 Å². The number of thiophene rings is 1. The van der Waals surface area contributed by atoms with Crippen LogP contribution in [0, 0.1) is 5.92 Å². The average Bonchev–Trinajstić information content (AvgIpc) is 3.29. The molecule has 1 saturated heterocycles. The van der Waals surface area contributed by atoms with E-state index in [2.05, 4.69) is 26.0 Å². The Morgan fingerprint density at radius 2 is 2.04 bits per heavy atom. The van der Waals surface area contributed by atoms with Gasteiger partial charge in [-0.15, -0.1) is 11.3 Å². The molecule has 3 aromatic rings. The van der Waals surface area contributed by atoms with Crippen molar-refractivity contribution in [2.24, 2.45) is 5.92 Å². The van der Waals surface area contributed by atoms with E-state index in [-0.39, 0.29) is 5.56 Å². The molecule has 1 saturated carbocycles. The fraction of sp³-hybridized carbons (Fsp3) is 0.412. The number of nitrogens with zero attached hydrogens (tertiary/aromatic N) is 5. The maximum Gasteiger partial charge on any atom is 0.266 e. The SMILES string of the molecule is O=c1ccc(C2CC2)nn1CC1CN(c2ncnc3sccc23)C1. The smallest absolute Gasteiger partial charge is 0.266 e. The Hall–Kier alpha value is -2.28. The highest BCUT2D eigenvalue weighted by atomic mass is 32.1. The molecule has 1 aliphatic carbocycles. The van der Waals surface area contributed by atoms with Gasteiger partial charge in [-0.25, -0.2) is 14.6 Å². The molecular weight excluding hydrogens is 322 g/mol. The Kier molecular flexibility index (Phi) is 3.16. The molecule has 4 heterocycles. The lowest BCUT2D eigenvalue weighted by atomic mass is 10.00. The summed E-state index contributed by atoms with van der Waals surface area (Å²) in [7, 11) is 0. The topological polar surface area (TPSA) is 63.9 Å². The van der Waals surface area contributed by atoms with Gasteiger partial charge in [0, 0.05) is 31.0 Å². The van der Waals surface area contributed by atoms with Gasteiger partial charge < -0.3 is 4.90 Å². The molecule has 0 amide bonds. The highest BCUT2D eigenvalue weighted by Crippen LogP contribution is 2.38. The third kappa shape index (κ3) is 2.39. The van der Waals surface area contributed by atoms with Crippen LogP contribution in [0.15, 0.2) is 34.7 Å². The van der Waals surface area contributed by atoms with E-state index in [1.54, 1.807) is 28.4 Å². The largest absolute Gasteiger partial charge is 0.355 e. The van der Waals surface area contributed by atoms with Crippen molar-refractivity contribution in [3.05, 3.63) is 46.0 Å². The minimum atomic E-state index is 0.000103. The van der Waals surface area contributed by atoms with Crippen molar-refractivity contribution in [2.45, 2.75) is 25.3 Å². The first-order valence-corrected chi connectivity index (χ1v) is 9.17. The van der Waals surface area contributed by atoms with Crippen LogP contribution in [0.5, 0.6) is 0 Å². The first-order valence-electron chi connectivity index (χ1n) is 8.29. The fourth-order valence-corrected chi connectivity index (χ4v) is 4.05. The van der Waals surface area contributed by atoms with Crippen LogP contribution in [-0.4, -0.2) is 32.8 Å². The lowest BCUT2D eigenvalue weighted by Gasteiger charge is -2.40. The van der Waals surface area contributed by atoms with E-state index >= 15 is 0 Å². The summed E-state index contributed by atoms with van der Waals surface area (Å²) in [4.78, 5) is 24.1. The van der Waals surface area contributed by atoms with Gasteiger partial charge in [-0.05, 0) is 30.4 Å². The van der Waals surface area contributed by atoms with Gasteiger partial charge in [-0.2, -0.15) is 5.10 Å². The molecule has 3 aromatic heterocycles. The van der Waals surface area contributed by atoms with Gasteiger partial charge in [0.1, 0.15) is 17.0 Å². The van der Waals surface area contributed by atoms with E-state index in [0.717, 1.165) is 34.8 Å². The third-order valence-corrected chi connectivity index (χ3v) is 5.63. The molecule has 0 N–H and O–H groups in total. The molecule has 5 rings (SSSR count). The van der Waals surface area contributed by atoms with E-state index in [0.29, 0.717) is 18.4 Å². The summed E-state index contributed by atoms with van der Waals surface area (Å²) in [6.07, 6.45) is 4.03. The maximum atomic E-state index is 12.0. The minimum Gasteiger partial charge on any atom is -0.355 e. The van der Waals surface area contributed by atoms with Crippen molar-refractivity contribution >= 4 is 27.4 Å². The van der Waals surface area contributed by atoms with Gasteiger partial charge in [-0.3, -0.25) is 4.79 Å². The zero-order valence-corrected chi connectivity index (χ0v) is 13.9. The summed E-state index contributed by atoms with van der Waals surface area (Å²) in [6, 6.07) is 5.63. The van der Waals surface area contributed by atoms with Crippen molar-refractivity contribution in [2.75, 3.05) is 18.0 Å². The van der Waals surface area contributed by atoms with Crippen molar-refractivity contribution in [1.82, 2.24) is 19.7 Å². The lowest BCUT2D eigenvalue weighted by Crippen LogP contribution is -2.50. The van der Waals surface area contributed by atoms with E-state index in [1.165, 1.54) is 12.8 Å². The Bertz CT molecular complexity index is 955. The lowest BCUT2D eigenvalue weighted by molar-refractivity contribution is 0.332. The van der Waals surface area contributed by atoms with Crippen molar-refractivity contribution in [1.29, 1.82) is 0 Å². The number of hydrogen-bond donors (Lipinski definition) is 0. The Balaban J connectivity index is 1.31. The average molecular weight is 339 g/mol. The number of anilines is 1. The van der Waals surface area contributed by atoms with Crippen LogP contribution < -0.4 is 10.5 Å². The van der Waals surface area contributed by atoms with E-state index in [9.17, 15) is 4.79 Å². The first-order chi connectivity index (χ1) is 11.8. The van der Waals surface area contributed by atoms with Crippen LogP contribution >= 0.6 is 11.3 Å². The van der Waals surface area contributed by atoms with Crippen LogP contribution in [0.2, 0.25) is 0 Å². The molecule has 0 aromatic carbocycles. The summed E-state index contributed by atoms with van der Waals surface area (Å²) in [5, 5.41) is 7.72. The second-order valence-electron chi connectivity index (χ2n) is 6.66. The predicted molar refractivity (Wildman–Crippen MR) is 93.6 cm³/mol. The van der Waals surface area contributed by atoms with Gasteiger partial charge in [0.25, 0.3) is 5.56 Å². The monoisotopic (exact) mass is 339 g/mol. The third-order valence-electron chi connectivity index (χ3n) is 4.81. The van der Waals surface area contributed by atoms with Crippen LogP contribution in [0.25, 0.3) is 10.2 Å². The van der Waals surface area contributed by atoms with Crippen molar-refractivity contribution in [3.63, 3.8) is 0 Å². The molecule has 0 spiro atoms. The summed E-state index contributed by atoms with van der Waals surface area (Å²) in [6.45, 7) is 2.50. The normalized spacial score (nSPS) is 18.1. The fourth-order valence-electron chi connectivity index (χ4n) is 3.32. The van der Waals surface area contributed by atoms with Crippen LogP contribution in [0.1, 0.15) is 24.5 Å². The number of fused-ring (bicyclic) bond motifs is 1. The number of aromatic nitrogens is 4. The molecule has 0 unspecified atom stereocenters. The molecule has 0 atom stereocenters. The van der Waals surface area contributed by atoms with E-state index in [4.69, 9.17) is 0 Å². The molecular formula is C17H17N5OS. The molecule has 24 heavy (non-hydrogen) atoms. The van der Waals surface area contributed by atoms with E-state index < -0.39 is 0 Å². The zero-order chi connectivity index (χ0) is 16.1. The van der Waals surface area contributed by atoms with Crippen molar-refractivity contribution < 1.29 is 0 Å². The number of rotatable bonds is 4.